The molecular weight excluding hydrogens is 471 g/mol. The maximum absolute atomic E-state index is 13.9. The molecule has 0 aliphatic rings. The molecule has 0 aliphatic heterocycles. The molecule has 0 bridgehead atoms. The van der Waals surface area contributed by atoms with Gasteiger partial charge in [-0.2, -0.15) is 0 Å². The molecule has 4 aromatic rings. The van der Waals surface area contributed by atoms with Crippen molar-refractivity contribution >= 4 is 38.6 Å². The Kier molecular flexibility index (Phi) is 6.54. The summed E-state index contributed by atoms with van der Waals surface area (Å²) in [7, 11) is -2.63. The SMILES string of the molecule is Cc1ccc(N(C)S(=O)(=O)c2c(-c3ccccc3)csc2C(=O)Nc2ccc(F)cc2)cc1C. The van der Waals surface area contributed by atoms with E-state index in [-0.39, 0.29) is 9.77 Å². The molecule has 0 unspecified atom stereocenters. The van der Waals surface area contributed by atoms with E-state index in [0.29, 0.717) is 22.5 Å². The van der Waals surface area contributed by atoms with Crippen LogP contribution in [0.5, 0.6) is 0 Å². The molecule has 1 aromatic heterocycles. The average molecular weight is 495 g/mol. The number of nitrogens with zero attached hydrogens (tertiary/aromatic N) is 1. The Bertz CT molecular complexity index is 1450. The van der Waals surface area contributed by atoms with Crippen molar-refractivity contribution in [1.29, 1.82) is 0 Å². The third kappa shape index (κ3) is 4.60. The number of carbonyl (C=O) groups excluding carboxylic acids is 1. The number of hydrogen-bond donors (Lipinski definition) is 1. The summed E-state index contributed by atoms with van der Waals surface area (Å²) in [6.07, 6.45) is 0. The fourth-order valence-electron chi connectivity index (χ4n) is 3.50. The second kappa shape index (κ2) is 9.40. The zero-order chi connectivity index (χ0) is 24.5. The van der Waals surface area contributed by atoms with Gasteiger partial charge in [-0.15, -0.1) is 11.3 Å². The lowest BCUT2D eigenvalue weighted by Crippen LogP contribution is -2.28. The van der Waals surface area contributed by atoms with Crippen LogP contribution in [-0.2, 0) is 10.0 Å². The maximum atomic E-state index is 13.9. The molecule has 34 heavy (non-hydrogen) atoms. The number of anilines is 2. The third-order valence-electron chi connectivity index (χ3n) is 5.61. The molecule has 0 saturated heterocycles. The Morgan fingerprint density at radius 2 is 1.62 bits per heavy atom. The van der Waals surface area contributed by atoms with E-state index in [4.69, 9.17) is 0 Å². The van der Waals surface area contributed by atoms with E-state index in [2.05, 4.69) is 5.32 Å². The van der Waals surface area contributed by atoms with E-state index in [1.807, 2.05) is 38.1 Å². The van der Waals surface area contributed by atoms with Gasteiger partial charge in [-0.05, 0) is 66.9 Å². The first-order valence-corrected chi connectivity index (χ1v) is 12.8. The van der Waals surface area contributed by atoms with Gasteiger partial charge in [0.25, 0.3) is 15.9 Å². The number of amides is 1. The van der Waals surface area contributed by atoms with Crippen molar-refractivity contribution in [3.8, 4) is 11.1 Å². The van der Waals surface area contributed by atoms with Crippen molar-refractivity contribution in [2.45, 2.75) is 18.7 Å². The van der Waals surface area contributed by atoms with Crippen LogP contribution >= 0.6 is 11.3 Å². The first kappa shape index (κ1) is 23.7. The molecule has 1 N–H and O–H groups in total. The largest absolute Gasteiger partial charge is 0.321 e. The number of thiophene rings is 1. The minimum atomic E-state index is -4.11. The molecule has 1 amide bonds. The number of halogens is 1. The molecule has 0 atom stereocenters. The van der Waals surface area contributed by atoms with Crippen LogP contribution in [0.15, 0.2) is 83.1 Å². The molecule has 3 aromatic carbocycles. The van der Waals surface area contributed by atoms with E-state index in [0.717, 1.165) is 22.5 Å². The van der Waals surface area contributed by atoms with Crippen LogP contribution in [0, 0.1) is 19.7 Å². The molecule has 0 aliphatic carbocycles. The highest BCUT2D eigenvalue weighted by Crippen LogP contribution is 2.38. The first-order valence-electron chi connectivity index (χ1n) is 10.5. The minimum Gasteiger partial charge on any atom is -0.321 e. The van der Waals surface area contributed by atoms with Crippen molar-refractivity contribution in [3.63, 3.8) is 0 Å². The molecule has 1 heterocycles. The van der Waals surface area contributed by atoms with Gasteiger partial charge in [0.1, 0.15) is 15.6 Å². The molecule has 174 valence electrons. The molecule has 4 rings (SSSR count). The van der Waals surface area contributed by atoms with Crippen molar-refractivity contribution in [1.82, 2.24) is 0 Å². The molecule has 0 radical (unpaired) electrons. The summed E-state index contributed by atoms with van der Waals surface area (Å²) in [5.41, 5.74) is 4.01. The lowest BCUT2D eigenvalue weighted by atomic mass is 10.1. The topological polar surface area (TPSA) is 66.5 Å². The molecule has 0 saturated carbocycles. The summed E-state index contributed by atoms with van der Waals surface area (Å²) in [5, 5.41) is 4.36. The molecule has 5 nitrogen and oxygen atoms in total. The van der Waals surface area contributed by atoms with Crippen LogP contribution in [0.3, 0.4) is 0 Å². The summed E-state index contributed by atoms with van der Waals surface area (Å²) >= 11 is 1.05. The van der Waals surface area contributed by atoms with Gasteiger partial charge >= 0.3 is 0 Å². The van der Waals surface area contributed by atoms with Crippen LogP contribution in [0.4, 0.5) is 15.8 Å². The van der Waals surface area contributed by atoms with Crippen molar-refractivity contribution in [3.05, 3.63) is 100.0 Å². The fourth-order valence-corrected chi connectivity index (χ4v) is 6.34. The van der Waals surface area contributed by atoms with Gasteiger partial charge in [-0.1, -0.05) is 36.4 Å². The Morgan fingerprint density at radius 3 is 2.26 bits per heavy atom. The van der Waals surface area contributed by atoms with Gasteiger partial charge in [0, 0.05) is 23.7 Å². The molecule has 8 heteroatoms. The predicted molar refractivity (Wildman–Crippen MR) is 136 cm³/mol. The third-order valence-corrected chi connectivity index (χ3v) is 8.59. The summed E-state index contributed by atoms with van der Waals surface area (Å²) < 4.78 is 42.3. The highest BCUT2D eigenvalue weighted by Gasteiger charge is 2.32. The van der Waals surface area contributed by atoms with Gasteiger partial charge in [-0.3, -0.25) is 9.10 Å². The highest BCUT2D eigenvalue weighted by molar-refractivity contribution is 7.93. The van der Waals surface area contributed by atoms with Crippen LogP contribution in [0.2, 0.25) is 0 Å². The minimum absolute atomic E-state index is 0.0545. The second-order valence-corrected chi connectivity index (χ2v) is 10.7. The number of carbonyl (C=O) groups is 1. The van der Waals surface area contributed by atoms with E-state index in [1.54, 1.807) is 29.6 Å². The number of sulfonamides is 1. The Morgan fingerprint density at radius 1 is 0.941 bits per heavy atom. The van der Waals surface area contributed by atoms with E-state index in [1.165, 1.54) is 35.6 Å². The monoisotopic (exact) mass is 494 g/mol. The molecule has 0 fully saturated rings. The molecular formula is C26H23FN2O3S2. The number of aryl methyl sites for hydroxylation is 2. The highest BCUT2D eigenvalue weighted by atomic mass is 32.2. The zero-order valence-electron chi connectivity index (χ0n) is 18.9. The van der Waals surface area contributed by atoms with Crippen molar-refractivity contribution in [2.75, 3.05) is 16.7 Å². The van der Waals surface area contributed by atoms with Gasteiger partial charge in [0.15, 0.2) is 0 Å². The number of benzene rings is 3. The number of rotatable bonds is 6. The quantitative estimate of drug-likeness (QED) is 0.345. The van der Waals surface area contributed by atoms with Crippen LogP contribution in [0.25, 0.3) is 11.1 Å². The lowest BCUT2D eigenvalue weighted by Gasteiger charge is -2.22. The maximum Gasteiger partial charge on any atom is 0.267 e. The van der Waals surface area contributed by atoms with Crippen molar-refractivity contribution in [2.24, 2.45) is 0 Å². The van der Waals surface area contributed by atoms with Crippen LogP contribution < -0.4 is 9.62 Å². The predicted octanol–water partition coefficient (Wildman–Crippen LogP) is 6.25. The fraction of sp³-hybridized carbons (Fsp3) is 0.115. The van der Waals surface area contributed by atoms with E-state index >= 15 is 0 Å². The van der Waals surface area contributed by atoms with Gasteiger partial charge in [-0.25, -0.2) is 12.8 Å². The summed E-state index contributed by atoms with van der Waals surface area (Å²) in [5.74, 6) is -1.01. The number of hydrogen-bond acceptors (Lipinski definition) is 4. The van der Waals surface area contributed by atoms with Crippen LogP contribution in [-0.4, -0.2) is 21.4 Å². The summed E-state index contributed by atoms with van der Waals surface area (Å²) in [6.45, 7) is 3.87. The Labute approximate surface area is 202 Å². The van der Waals surface area contributed by atoms with Crippen molar-refractivity contribution < 1.29 is 17.6 Å². The van der Waals surface area contributed by atoms with E-state index < -0.39 is 21.7 Å². The number of nitrogens with one attached hydrogen (secondary N) is 1. The Hall–Kier alpha value is -3.49. The average Bonchev–Trinajstić information content (AvgIpc) is 3.29. The summed E-state index contributed by atoms with van der Waals surface area (Å²) in [6, 6.07) is 19.8. The second-order valence-electron chi connectivity index (χ2n) is 7.88. The van der Waals surface area contributed by atoms with Crippen LogP contribution in [0.1, 0.15) is 20.8 Å². The van der Waals surface area contributed by atoms with Gasteiger partial charge in [0.2, 0.25) is 0 Å². The van der Waals surface area contributed by atoms with Gasteiger partial charge in [0.05, 0.1) is 5.69 Å². The molecule has 0 spiro atoms. The lowest BCUT2D eigenvalue weighted by molar-refractivity contribution is 0.102. The van der Waals surface area contributed by atoms with E-state index in [9.17, 15) is 17.6 Å². The Balaban J connectivity index is 1.83. The van der Waals surface area contributed by atoms with Gasteiger partial charge < -0.3 is 5.32 Å². The zero-order valence-corrected chi connectivity index (χ0v) is 20.5. The first-order chi connectivity index (χ1) is 16.2. The summed E-state index contributed by atoms with van der Waals surface area (Å²) in [4.78, 5) is 13.2. The standard InChI is InChI=1S/C26H23FN2O3S2/c1-17-9-14-22(15-18(17)2)29(3)34(31,32)25-23(19-7-5-4-6-8-19)16-33-24(25)26(30)28-21-12-10-20(27)11-13-21/h4-16H,1-3H3,(H,28,30). The normalized spacial score (nSPS) is 11.3. The smallest absolute Gasteiger partial charge is 0.267 e.